The Morgan fingerprint density at radius 1 is 0.935 bits per heavy atom. The van der Waals surface area contributed by atoms with E-state index in [0.29, 0.717) is 6.07 Å². The third-order valence-electron chi connectivity index (χ3n) is 4.21. The number of nitro groups is 1. The number of hydrogen-bond donors (Lipinski definition) is 1. The predicted octanol–water partition coefficient (Wildman–Crippen LogP) is 4.65. The highest BCUT2D eigenvalue weighted by atomic mass is 32.2. The van der Waals surface area contributed by atoms with Crippen molar-refractivity contribution in [3.05, 3.63) is 99.6 Å². The van der Waals surface area contributed by atoms with Crippen LogP contribution in [0.5, 0.6) is 0 Å². The van der Waals surface area contributed by atoms with Crippen LogP contribution in [0.2, 0.25) is 0 Å². The smallest absolute Gasteiger partial charge is 0.289 e. The summed E-state index contributed by atoms with van der Waals surface area (Å²) in [5.41, 5.74) is -2.80. The van der Waals surface area contributed by atoms with Gasteiger partial charge in [-0.05, 0) is 30.3 Å². The first-order valence-corrected chi connectivity index (χ1v) is 10.1. The van der Waals surface area contributed by atoms with Gasteiger partial charge in [-0.1, -0.05) is 30.3 Å². The van der Waals surface area contributed by atoms with Crippen molar-refractivity contribution < 1.29 is 31.3 Å². The van der Waals surface area contributed by atoms with E-state index in [1.165, 1.54) is 24.3 Å². The molecule has 160 valence electrons. The van der Waals surface area contributed by atoms with Crippen LogP contribution in [0.1, 0.15) is 21.5 Å². The summed E-state index contributed by atoms with van der Waals surface area (Å²) in [7, 11) is -4.17. The van der Waals surface area contributed by atoms with E-state index in [0.717, 1.165) is 36.4 Å². The standard InChI is InChI=1S/C20H13F3N2O5S/c21-20(22,23)14-6-4-5-13(11-14)19(26)17-12-15(25(27)28)9-10-18(17)24-31(29,30)16-7-2-1-3-8-16/h1-12,24H. The minimum absolute atomic E-state index is 0.133. The molecule has 0 unspecified atom stereocenters. The lowest BCUT2D eigenvalue weighted by atomic mass is 9.99. The molecule has 0 heterocycles. The molecule has 3 aromatic carbocycles. The SMILES string of the molecule is O=C(c1cccc(C(F)(F)F)c1)c1cc([N+](=O)[O-])ccc1NS(=O)(=O)c1ccccc1. The fraction of sp³-hybridized carbons (Fsp3) is 0.0500. The predicted molar refractivity (Wildman–Crippen MR) is 105 cm³/mol. The summed E-state index contributed by atoms with van der Waals surface area (Å²) in [4.78, 5) is 23.1. The molecule has 0 saturated carbocycles. The van der Waals surface area contributed by atoms with E-state index in [4.69, 9.17) is 0 Å². The number of ketones is 1. The van der Waals surface area contributed by atoms with Crippen LogP contribution in [0.3, 0.4) is 0 Å². The number of rotatable bonds is 6. The summed E-state index contributed by atoms with van der Waals surface area (Å²) < 4.78 is 66.4. The van der Waals surface area contributed by atoms with Crippen molar-refractivity contribution in [1.82, 2.24) is 0 Å². The van der Waals surface area contributed by atoms with Crippen molar-refractivity contribution in [2.24, 2.45) is 0 Å². The number of nitro benzene ring substituents is 1. The topological polar surface area (TPSA) is 106 Å². The van der Waals surface area contributed by atoms with E-state index >= 15 is 0 Å². The summed E-state index contributed by atoms with van der Waals surface area (Å²) in [6.45, 7) is 0. The number of carbonyl (C=O) groups is 1. The molecular weight excluding hydrogens is 437 g/mol. The number of non-ortho nitro benzene ring substituents is 1. The van der Waals surface area contributed by atoms with Crippen molar-refractivity contribution in [2.45, 2.75) is 11.1 Å². The monoisotopic (exact) mass is 450 g/mol. The molecule has 3 aromatic rings. The van der Waals surface area contributed by atoms with Crippen LogP contribution < -0.4 is 4.72 Å². The number of nitrogens with one attached hydrogen (secondary N) is 1. The Bertz CT molecular complexity index is 1260. The van der Waals surface area contributed by atoms with Crippen LogP contribution in [-0.2, 0) is 16.2 Å². The number of halogens is 3. The Hall–Kier alpha value is -3.73. The normalized spacial score (nSPS) is 11.7. The molecule has 0 amide bonds. The molecule has 0 spiro atoms. The van der Waals surface area contributed by atoms with Crippen LogP contribution in [0, 0.1) is 10.1 Å². The largest absolute Gasteiger partial charge is 0.416 e. The maximum atomic E-state index is 13.0. The van der Waals surface area contributed by atoms with Crippen LogP contribution in [0.25, 0.3) is 0 Å². The van der Waals surface area contributed by atoms with Gasteiger partial charge in [0.2, 0.25) is 0 Å². The van der Waals surface area contributed by atoms with Crippen molar-refractivity contribution in [2.75, 3.05) is 4.72 Å². The summed E-state index contributed by atoms with van der Waals surface area (Å²) in [5.74, 6) is -1.01. The minimum Gasteiger partial charge on any atom is -0.289 e. The van der Waals surface area contributed by atoms with E-state index in [1.54, 1.807) is 6.07 Å². The van der Waals surface area contributed by atoms with E-state index in [-0.39, 0.29) is 10.6 Å². The number of nitrogens with zero attached hydrogens (tertiary/aromatic N) is 1. The molecule has 0 radical (unpaired) electrons. The number of carbonyl (C=O) groups excluding carboxylic acids is 1. The van der Waals surface area contributed by atoms with Crippen LogP contribution in [0.15, 0.2) is 77.7 Å². The van der Waals surface area contributed by atoms with Gasteiger partial charge in [0.05, 0.1) is 26.6 Å². The lowest BCUT2D eigenvalue weighted by Crippen LogP contribution is -2.16. The van der Waals surface area contributed by atoms with Gasteiger partial charge in [0.1, 0.15) is 0 Å². The molecule has 0 bridgehead atoms. The highest BCUT2D eigenvalue weighted by molar-refractivity contribution is 7.92. The zero-order valence-corrected chi connectivity index (χ0v) is 16.3. The van der Waals surface area contributed by atoms with Crippen molar-refractivity contribution in [3.63, 3.8) is 0 Å². The zero-order chi connectivity index (χ0) is 22.8. The Morgan fingerprint density at radius 3 is 2.23 bits per heavy atom. The first-order valence-electron chi connectivity index (χ1n) is 8.57. The maximum Gasteiger partial charge on any atom is 0.416 e. The lowest BCUT2D eigenvalue weighted by molar-refractivity contribution is -0.384. The molecule has 0 aliphatic carbocycles. The number of benzene rings is 3. The Morgan fingerprint density at radius 2 is 1.61 bits per heavy atom. The first-order chi connectivity index (χ1) is 14.5. The maximum absolute atomic E-state index is 13.0. The van der Waals surface area contributed by atoms with Gasteiger partial charge >= 0.3 is 6.18 Å². The Kier molecular flexibility index (Phi) is 5.80. The second-order valence-electron chi connectivity index (χ2n) is 6.31. The zero-order valence-electron chi connectivity index (χ0n) is 15.5. The average Bonchev–Trinajstić information content (AvgIpc) is 2.73. The van der Waals surface area contributed by atoms with E-state index in [2.05, 4.69) is 4.72 Å². The molecule has 11 heteroatoms. The second kappa shape index (κ2) is 8.19. The molecule has 31 heavy (non-hydrogen) atoms. The van der Waals surface area contributed by atoms with Crippen LogP contribution in [0.4, 0.5) is 24.5 Å². The Labute approximate surface area is 174 Å². The van der Waals surface area contributed by atoms with Crippen molar-refractivity contribution in [1.29, 1.82) is 0 Å². The van der Waals surface area contributed by atoms with Gasteiger partial charge in [-0.25, -0.2) is 8.42 Å². The second-order valence-corrected chi connectivity index (χ2v) is 8.00. The first kappa shape index (κ1) is 22.0. The quantitative estimate of drug-likeness (QED) is 0.334. The molecule has 7 nitrogen and oxygen atoms in total. The summed E-state index contributed by atoms with van der Waals surface area (Å²) in [6, 6.07) is 13.4. The summed E-state index contributed by atoms with van der Waals surface area (Å²) in [6.07, 6.45) is -4.71. The molecule has 0 atom stereocenters. The van der Waals surface area contributed by atoms with Crippen molar-refractivity contribution >= 4 is 27.2 Å². The van der Waals surface area contributed by atoms with Crippen LogP contribution >= 0.6 is 0 Å². The molecule has 0 aliphatic rings. The van der Waals surface area contributed by atoms with Gasteiger partial charge in [-0.15, -0.1) is 0 Å². The molecular formula is C20H13F3N2O5S. The number of hydrogen-bond acceptors (Lipinski definition) is 5. The fourth-order valence-electron chi connectivity index (χ4n) is 2.72. The van der Waals surface area contributed by atoms with Gasteiger partial charge in [0.15, 0.2) is 5.78 Å². The summed E-state index contributed by atoms with van der Waals surface area (Å²) >= 11 is 0. The molecule has 0 aromatic heterocycles. The molecule has 3 rings (SSSR count). The van der Waals surface area contributed by atoms with E-state index < -0.39 is 49.3 Å². The third-order valence-corrected chi connectivity index (χ3v) is 5.59. The minimum atomic E-state index is -4.71. The summed E-state index contributed by atoms with van der Waals surface area (Å²) in [5, 5.41) is 11.1. The third kappa shape index (κ3) is 4.89. The molecule has 0 fully saturated rings. The number of alkyl halides is 3. The number of anilines is 1. The number of sulfonamides is 1. The van der Waals surface area contributed by atoms with Crippen LogP contribution in [-0.4, -0.2) is 19.1 Å². The highest BCUT2D eigenvalue weighted by Gasteiger charge is 2.31. The van der Waals surface area contributed by atoms with Gasteiger partial charge < -0.3 is 0 Å². The Balaban J connectivity index is 2.09. The molecule has 0 saturated heterocycles. The molecule has 1 N–H and O–H groups in total. The highest BCUT2D eigenvalue weighted by Crippen LogP contribution is 2.31. The fourth-order valence-corrected chi connectivity index (χ4v) is 3.82. The van der Waals surface area contributed by atoms with Gasteiger partial charge in [0.25, 0.3) is 15.7 Å². The van der Waals surface area contributed by atoms with Gasteiger partial charge in [-0.2, -0.15) is 13.2 Å². The van der Waals surface area contributed by atoms with Gasteiger partial charge in [-0.3, -0.25) is 19.6 Å². The van der Waals surface area contributed by atoms with E-state index in [1.807, 2.05) is 0 Å². The average molecular weight is 450 g/mol. The van der Waals surface area contributed by atoms with E-state index in [9.17, 15) is 36.5 Å². The molecule has 0 aliphatic heterocycles. The van der Waals surface area contributed by atoms with Gasteiger partial charge in [0, 0.05) is 17.7 Å². The van der Waals surface area contributed by atoms with Crippen molar-refractivity contribution in [3.8, 4) is 0 Å². The lowest BCUT2D eigenvalue weighted by Gasteiger charge is -2.13.